The number of aromatic nitrogens is 4. The number of ether oxygens (including phenoxy) is 2. The zero-order valence-electron chi connectivity index (χ0n) is 27.7. The lowest BCUT2D eigenvalue weighted by atomic mass is 9.98. The highest BCUT2D eigenvalue weighted by molar-refractivity contribution is 7.97. The molecule has 48 heavy (non-hydrogen) atoms. The molecule has 2 saturated heterocycles. The minimum atomic E-state index is -0.566. The van der Waals surface area contributed by atoms with Crippen molar-refractivity contribution in [2.24, 2.45) is 5.92 Å². The van der Waals surface area contributed by atoms with Gasteiger partial charge in [-0.1, -0.05) is 30.1 Å². The van der Waals surface area contributed by atoms with Gasteiger partial charge in [-0.05, 0) is 63.9 Å². The number of nitrogens with one attached hydrogen (secondary N) is 1. The van der Waals surface area contributed by atoms with Gasteiger partial charge in [0.05, 0.1) is 17.1 Å². The number of benzene rings is 1. The van der Waals surface area contributed by atoms with E-state index in [1.165, 1.54) is 11.9 Å². The maximum Gasteiger partial charge on any atom is 0.410 e. The summed E-state index contributed by atoms with van der Waals surface area (Å²) in [5, 5.41) is 14.9. The minimum Gasteiger partial charge on any atom is -0.473 e. The van der Waals surface area contributed by atoms with Crippen LogP contribution >= 0.6 is 11.9 Å². The second-order valence-corrected chi connectivity index (χ2v) is 13.6. The van der Waals surface area contributed by atoms with Gasteiger partial charge in [-0.3, -0.25) is 9.52 Å². The fraction of sp³-hybridized carbons (Fsp3) is 0.429. The number of pyridine rings is 2. The van der Waals surface area contributed by atoms with Crippen LogP contribution in [0.5, 0.6) is 5.88 Å². The first-order chi connectivity index (χ1) is 23.1. The predicted octanol–water partition coefficient (Wildman–Crippen LogP) is 6.01. The van der Waals surface area contributed by atoms with Gasteiger partial charge in [0, 0.05) is 68.5 Å². The van der Waals surface area contributed by atoms with Crippen LogP contribution in [0, 0.1) is 17.2 Å². The Morgan fingerprint density at radius 3 is 2.38 bits per heavy atom. The quantitative estimate of drug-likeness (QED) is 0.233. The van der Waals surface area contributed by atoms with Crippen molar-refractivity contribution in [1.82, 2.24) is 29.4 Å². The summed E-state index contributed by atoms with van der Waals surface area (Å²) in [5.41, 5.74) is 2.43. The van der Waals surface area contributed by atoms with Crippen LogP contribution in [0.15, 0.2) is 54.7 Å². The minimum absolute atomic E-state index is 0.0839. The molecule has 0 radical (unpaired) electrons. The van der Waals surface area contributed by atoms with E-state index in [2.05, 4.69) is 15.7 Å². The maximum absolute atomic E-state index is 13.2. The van der Waals surface area contributed by atoms with E-state index in [-0.39, 0.29) is 29.7 Å². The molecular weight excluding hydrogens is 629 g/mol. The first-order valence-electron chi connectivity index (χ1n) is 16.2. The number of anilines is 1. The van der Waals surface area contributed by atoms with Gasteiger partial charge in [-0.25, -0.2) is 19.4 Å². The van der Waals surface area contributed by atoms with Crippen molar-refractivity contribution in [2.75, 3.05) is 37.3 Å². The molecule has 4 aromatic rings. The molecule has 2 aliphatic heterocycles. The Kier molecular flexibility index (Phi) is 9.73. The largest absolute Gasteiger partial charge is 0.473 e. The molecule has 0 aliphatic carbocycles. The topological polar surface area (TPSA) is 138 Å². The number of piperidine rings is 2. The Bertz CT molecular complexity index is 1800. The predicted molar refractivity (Wildman–Crippen MR) is 185 cm³/mol. The van der Waals surface area contributed by atoms with Crippen molar-refractivity contribution in [1.29, 1.82) is 5.26 Å². The lowest BCUT2D eigenvalue weighted by Crippen LogP contribution is -2.44. The van der Waals surface area contributed by atoms with Crippen LogP contribution in [0.1, 0.15) is 56.9 Å². The van der Waals surface area contributed by atoms with Crippen LogP contribution in [0.4, 0.5) is 10.6 Å². The molecule has 6 rings (SSSR count). The molecule has 12 nitrogen and oxygen atoms in total. The van der Waals surface area contributed by atoms with Crippen molar-refractivity contribution in [3.63, 3.8) is 0 Å². The number of carbonyl (C=O) groups is 2. The second kappa shape index (κ2) is 14.1. The summed E-state index contributed by atoms with van der Waals surface area (Å²) < 4.78 is 16.7. The summed E-state index contributed by atoms with van der Waals surface area (Å²) in [7, 11) is 0. The normalized spacial score (nSPS) is 16.1. The fourth-order valence-electron chi connectivity index (χ4n) is 6.02. The molecule has 2 fully saturated rings. The summed E-state index contributed by atoms with van der Waals surface area (Å²) in [6.07, 6.45) is 5.91. The van der Waals surface area contributed by atoms with Gasteiger partial charge >= 0.3 is 6.09 Å². The second-order valence-electron chi connectivity index (χ2n) is 13.0. The van der Waals surface area contributed by atoms with Crippen molar-refractivity contribution < 1.29 is 19.1 Å². The van der Waals surface area contributed by atoms with E-state index in [1.807, 2.05) is 63.2 Å². The first kappa shape index (κ1) is 33.1. The highest BCUT2D eigenvalue weighted by atomic mass is 32.2. The van der Waals surface area contributed by atoms with E-state index in [4.69, 9.17) is 24.5 Å². The van der Waals surface area contributed by atoms with E-state index in [0.29, 0.717) is 42.8 Å². The summed E-state index contributed by atoms with van der Waals surface area (Å²) in [6.45, 7) is 8.13. The molecule has 3 aromatic heterocycles. The molecule has 2 amide bonds. The summed E-state index contributed by atoms with van der Waals surface area (Å²) >= 11 is 1.20. The van der Waals surface area contributed by atoms with Gasteiger partial charge in [-0.2, -0.15) is 5.26 Å². The number of nitriles is 1. The van der Waals surface area contributed by atoms with Crippen LogP contribution in [-0.2, 0) is 4.74 Å². The Hall–Kier alpha value is -4.83. The molecule has 0 atom stereocenters. The summed E-state index contributed by atoms with van der Waals surface area (Å²) in [4.78, 5) is 39.4. The molecule has 250 valence electrons. The van der Waals surface area contributed by atoms with Gasteiger partial charge in [-0.15, -0.1) is 5.10 Å². The van der Waals surface area contributed by atoms with Gasteiger partial charge in [0.2, 0.25) is 5.88 Å². The van der Waals surface area contributed by atoms with Crippen molar-refractivity contribution in [3.05, 3.63) is 60.4 Å². The maximum atomic E-state index is 13.2. The van der Waals surface area contributed by atoms with E-state index < -0.39 is 5.60 Å². The van der Waals surface area contributed by atoms with Crippen LogP contribution < -0.4 is 14.4 Å². The van der Waals surface area contributed by atoms with Crippen LogP contribution in [-0.4, -0.2) is 80.8 Å². The number of fused-ring (bicyclic) bond motifs is 1. The molecule has 1 aromatic carbocycles. The molecule has 0 unspecified atom stereocenters. The molecule has 1 N–H and O–H groups in total. The Balaban J connectivity index is 1.38. The third-order valence-electron chi connectivity index (χ3n) is 8.47. The van der Waals surface area contributed by atoms with Gasteiger partial charge in [0.25, 0.3) is 5.91 Å². The van der Waals surface area contributed by atoms with Crippen LogP contribution in [0.25, 0.3) is 27.8 Å². The highest BCUT2D eigenvalue weighted by Crippen LogP contribution is 2.38. The molecule has 0 spiro atoms. The molecule has 2 aliphatic rings. The van der Waals surface area contributed by atoms with Gasteiger partial charge in [0.15, 0.2) is 5.65 Å². The molecule has 5 heterocycles. The average molecular weight is 669 g/mol. The summed E-state index contributed by atoms with van der Waals surface area (Å²) in [5.74, 6) is 0.995. The van der Waals surface area contributed by atoms with Crippen molar-refractivity contribution in [2.45, 2.75) is 58.2 Å². The first-order valence-corrected chi connectivity index (χ1v) is 17.4. The third kappa shape index (κ3) is 7.33. The number of rotatable bonds is 7. The van der Waals surface area contributed by atoms with E-state index >= 15 is 0 Å². The SMILES string of the molecule is CSNC(=O)c1cc(-c2ccc(N3CCC(C#N)CC3)nc2)c2c(OC3CCN(C(=O)OC(C)(C)C)CC3)nn(-c3ccccc3)c2n1. The lowest BCUT2D eigenvalue weighted by molar-refractivity contribution is 0.0124. The molecule has 0 saturated carbocycles. The van der Waals surface area contributed by atoms with Crippen molar-refractivity contribution >= 4 is 40.8 Å². The van der Waals surface area contributed by atoms with E-state index in [0.717, 1.165) is 48.6 Å². The van der Waals surface area contributed by atoms with Gasteiger partial charge < -0.3 is 19.3 Å². The number of para-hydroxylation sites is 1. The third-order valence-corrected chi connectivity index (χ3v) is 8.86. The molecule has 0 bridgehead atoms. The Morgan fingerprint density at radius 1 is 1.02 bits per heavy atom. The fourth-order valence-corrected chi connectivity index (χ4v) is 6.31. The average Bonchev–Trinajstić information content (AvgIpc) is 3.46. The number of carbonyl (C=O) groups excluding carboxylic acids is 2. The smallest absolute Gasteiger partial charge is 0.410 e. The monoisotopic (exact) mass is 668 g/mol. The van der Waals surface area contributed by atoms with Crippen LogP contribution in [0.2, 0.25) is 0 Å². The number of hydrogen-bond acceptors (Lipinski definition) is 10. The zero-order chi connectivity index (χ0) is 33.8. The van der Waals surface area contributed by atoms with Gasteiger partial charge in [0.1, 0.15) is 23.2 Å². The number of amides is 2. The van der Waals surface area contributed by atoms with E-state index in [1.54, 1.807) is 28.1 Å². The summed E-state index contributed by atoms with van der Waals surface area (Å²) in [6, 6.07) is 17.7. The standard InChI is InChI=1S/C35H40N8O4S/c1-35(2,3)47-34(45)42-18-14-26(15-19-42)46-33-30-27(24-10-11-29(37-22-24)41-16-12-23(21-36)13-17-41)20-28(32(44)40-48-4)38-31(30)43(39-33)25-8-6-5-7-9-25/h5-11,20,22-23,26H,12-19H2,1-4H3,(H,40,44). The lowest BCUT2D eigenvalue weighted by Gasteiger charge is -2.33. The van der Waals surface area contributed by atoms with E-state index in [9.17, 15) is 14.9 Å². The molecule has 13 heteroatoms. The Morgan fingerprint density at radius 2 is 1.75 bits per heavy atom. The molecular formula is C35H40N8O4S. The Labute approximate surface area is 284 Å². The number of likely N-dealkylation sites (tertiary alicyclic amines) is 1. The number of nitrogens with zero attached hydrogens (tertiary/aromatic N) is 7. The highest BCUT2D eigenvalue weighted by Gasteiger charge is 2.30. The zero-order valence-corrected chi connectivity index (χ0v) is 28.5. The van der Waals surface area contributed by atoms with Crippen molar-refractivity contribution in [3.8, 4) is 28.8 Å². The number of hydrogen-bond donors (Lipinski definition) is 1. The van der Waals surface area contributed by atoms with Crippen LogP contribution in [0.3, 0.4) is 0 Å².